The molecule has 2 nitrogen and oxygen atoms in total. The summed E-state index contributed by atoms with van der Waals surface area (Å²) in [6.07, 6.45) is 2.22. The maximum Gasteiger partial charge on any atom is 0.125 e. The average Bonchev–Trinajstić information content (AvgIpc) is 2.42. The van der Waals surface area contributed by atoms with Gasteiger partial charge in [0, 0.05) is 5.56 Å². The molecule has 102 valence electrons. The Labute approximate surface area is 115 Å². The van der Waals surface area contributed by atoms with Crippen molar-refractivity contribution < 1.29 is 9.84 Å². The second-order valence-electron chi connectivity index (χ2n) is 5.31. The lowest BCUT2D eigenvalue weighted by molar-refractivity contribution is 0.260. The van der Waals surface area contributed by atoms with Crippen molar-refractivity contribution >= 4 is 10.8 Å². The third-order valence-corrected chi connectivity index (χ3v) is 3.34. The molecule has 0 unspecified atom stereocenters. The van der Waals surface area contributed by atoms with Crippen LogP contribution in [0.25, 0.3) is 10.8 Å². The van der Waals surface area contributed by atoms with Crippen molar-refractivity contribution in [2.24, 2.45) is 5.92 Å². The number of hydrogen-bond acceptors (Lipinski definition) is 2. The van der Waals surface area contributed by atoms with E-state index in [0.29, 0.717) is 12.5 Å². The zero-order valence-corrected chi connectivity index (χ0v) is 11.7. The van der Waals surface area contributed by atoms with Crippen molar-refractivity contribution in [3.05, 3.63) is 42.0 Å². The summed E-state index contributed by atoms with van der Waals surface area (Å²) in [4.78, 5) is 0. The quantitative estimate of drug-likeness (QED) is 0.789. The molecule has 0 aliphatic heterocycles. The van der Waals surface area contributed by atoms with Gasteiger partial charge in [0.2, 0.25) is 0 Å². The Kier molecular flexibility index (Phi) is 4.80. The topological polar surface area (TPSA) is 29.5 Å². The van der Waals surface area contributed by atoms with Crippen LogP contribution in [0.5, 0.6) is 5.75 Å². The summed E-state index contributed by atoms with van der Waals surface area (Å²) in [5.74, 6) is 1.52. The van der Waals surface area contributed by atoms with E-state index in [1.165, 1.54) is 6.42 Å². The average molecular weight is 258 g/mol. The number of ether oxygens (including phenoxy) is 1. The Morgan fingerprint density at radius 2 is 1.89 bits per heavy atom. The third-order valence-electron chi connectivity index (χ3n) is 3.34. The smallest absolute Gasteiger partial charge is 0.125 e. The molecule has 0 amide bonds. The predicted molar refractivity (Wildman–Crippen MR) is 79.4 cm³/mol. The number of rotatable bonds is 6. The normalized spacial score (nSPS) is 11.2. The van der Waals surface area contributed by atoms with Gasteiger partial charge in [0.05, 0.1) is 13.2 Å². The van der Waals surface area contributed by atoms with Crippen LogP contribution in [0.3, 0.4) is 0 Å². The molecule has 0 aromatic heterocycles. The van der Waals surface area contributed by atoms with E-state index in [2.05, 4.69) is 19.9 Å². The molecule has 0 bridgehead atoms. The van der Waals surface area contributed by atoms with Crippen LogP contribution >= 0.6 is 0 Å². The van der Waals surface area contributed by atoms with Gasteiger partial charge in [-0.25, -0.2) is 0 Å². The molecule has 0 aliphatic rings. The van der Waals surface area contributed by atoms with Crippen LogP contribution in [0.4, 0.5) is 0 Å². The first-order chi connectivity index (χ1) is 9.22. The van der Waals surface area contributed by atoms with Gasteiger partial charge >= 0.3 is 0 Å². The molecular weight excluding hydrogens is 236 g/mol. The first-order valence-electron chi connectivity index (χ1n) is 6.96. The molecule has 0 aliphatic carbocycles. The fraction of sp³-hybridized carbons (Fsp3) is 0.412. The van der Waals surface area contributed by atoms with E-state index in [1.807, 2.05) is 30.3 Å². The van der Waals surface area contributed by atoms with Crippen molar-refractivity contribution in [1.29, 1.82) is 0 Å². The summed E-state index contributed by atoms with van der Waals surface area (Å²) in [5, 5.41) is 11.8. The highest BCUT2D eigenvalue weighted by molar-refractivity contribution is 5.87. The highest BCUT2D eigenvalue weighted by Gasteiger charge is 2.07. The SMILES string of the molecule is CC(C)CCCOc1ccc2ccccc2c1CO. The minimum atomic E-state index is 0.0147. The molecule has 2 heteroatoms. The van der Waals surface area contributed by atoms with Gasteiger partial charge in [-0.1, -0.05) is 44.2 Å². The second kappa shape index (κ2) is 6.58. The summed E-state index contributed by atoms with van der Waals surface area (Å²) in [6, 6.07) is 12.1. The van der Waals surface area contributed by atoms with Crippen molar-refractivity contribution in [2.75, 3.05) is 6.61 Å². The summed E-state index contributed by atoms with van der Waals surface area (Å²) < 4.78 is 5.83. The lowest BCUT2D eigenvalue weighted by atomic mass is 10.0. The molecule has 0 saturated carbocycles. The molecule has 2 aromatic carbocycles. The van der Waals surface area contributed by atoms with Crippen molar-refractivity contribution in [3.63, 3.8) is 0 Å². The lowest BCUT2D eigenvalue weighted by Crippen LogP contribution is -2.02. The van der Waals surface area contributed by atoms with Gasteiger partial charge in [0.1, 0.15) is 5.75 Å². The molecule has 0 fully saturated rings. The van der Waals surface area contributed by atoms with Gasteiger partial charge in [-0.05, 0) is 35.6 Å². The standard InChI is InChI=1S/C17H22O2/c1-13(2)6-5-11-19-17-10-9-14-7-3-4-8-15(14)16(17)12-18/h3-4,7-10,13,18H,5-6,11-12H2,1-2H3. The van der Waals surface area contributed by atoms with Gasteiger partial charge in [0.15, 0.2) is 0 Å². The Bertz CT molecular complexity index is 532. The van der Waals surface area contributed by atoms with Crippen molar-refractivity contribution in [3.8, 4) is 5.75 Å². The number of fused-ring (bicyclic) bond motifs is 1. The van der Waals surface area contributed by atoms with Crippen molar-refractivity contribution in [1.82, 2.24) is 0 Å². The van der Waals surface area contributed by atoms with Crippen LogP contribution in [-0.4, -0.2) is 11.7 Å². The summed E-state index contributed by atoms with van der Waals surface area (Å²) in [7, 11) is 0. The van der Waals surface area contributed by atoms with E-state index >= 15 is 0 Å². The van der Waals surface area contributed by atoms with Crippen molar-refractivity contribution in [2.45, 2.75) is 33.3 Å². The molecule has 0 heterocycles. The third kappa shape index (κ3) is 3.48. The number of aliphatic hydroxyl groups is 1. The van der Waals surface area contributed by atoms with Crippen LogP contribution < -0.4 is 4.74 Å². The fourth-order valence-electron chi connectivity index (χ4n) is 2.29. The highest BCUT2D eigenvalue weighted by atomic mass is 16.5. The van der Waals surface area contributed by atoms with Gasteiger partial charge in [-0.2, -0.15) is 0 Å². The molecule has 0 atom stereocenters. The summed E-state index contributed by atoms with van der Waals surface area (Å²) >= 11 is 0. The van der Waals surface area contributed by atoms with E-state index in [0.717, 1.165) is 28.5 Å². The fourth-order valence-corrected chi connectivity index (χ4v) is 2.29. The minimum absolute atomic E-state index is 0.0147. The van der Waals surface area contributed by atoms with Crippen LogP contribution in [0, 0.1) is 5.92 Å². The van der Waals surface area contributed by atoms with Gasteiger partial charge in [-0.3, -0.25) is 0 Å². The molecule has 0 saturated heterocycles. The second-order valence-corrected chi connectivity index (χ2v) is 5.31. The van der Waals surface area contributed by atoms with Crippen LogP contribution in [0.1, 0.15) is 32.3 Å². The molecular formula is C17H22O2. The molecule has 1 N–H and O–H groups in total. The monoisotopic (exact) mass is 258 g/mol. The van der Waals surface area contributed by atoms with Gasteiger partial charge in [-0.15, -0.1) is 0 Å². The maximum absolute atomic E-state index is 9.58. The van der Waals surface area contributed by atoms with E-state index in [-0.39, 0.29) is 6.61 Å². The largest absolute Gasteiger partial charge is 0.493 e. The van der Waals surface area contributed by atoms with E-state index in [9.17, 15) is 5.11 Å². The number of aliphatic hydroxyl groups excluding tert-OH is 1. The Hall–Kier alpha value is -1.54. The first kappa shape index (κ1) is 13.9. The summed E-state index contributed by atoms with van der Waals surface area (Å²) in [5.41, 5.74) is 0.891. The maximum atomic E-state index is 9.58. The molecule has 0 spiro atoms. The minimum Gasteiger partial charge on any atom is -0.493 e. The summed E-state index contributed by atoms with van der Waals surface area (Å²) in [6.45, 7) is 5.16. The Morgan fingerprint density at radius 3 is 2.63 bits per heavy atom. The van der Waals surface area contributed by atoms with Crippen LogP contribution in [0.15, 0.2) is 36.4 Å². The van der Waals surface area contributed by atoms with Crippen LogP contribution in [0.2, 0.25) is 0 Å². The van der Waals surface area contributed by atoms with Crippen LogP contribution in [-0.2, 0) is 6.61 Å². The molecule has 0 radical (unpaired) electrons. The molecule has 19 heavy (non-hydrogen) atoms. The van der Waals surface area contributed by atoms with Gasteiger partial charge in [0.25, 0.3) is 0 Å². The molecule has 2 rings (SSSR count). The molecule has 2 aromatic rings. The predicted octanol–water partition coefficient (Wildman–Crippen LogP) is 4.15. The Balaban J connectivity index is 2.14. The van der Waals surface area contributed by atoms with E-state index in [1.54, 1.807) is 0 Å². The van der Waals surface area contributed by atoms with Gasteiger partial charge < -0.3 is 9.84 Å². The number of benzene rings is 2. The zero-order chi connectivity index (χ0) is 13.7. The lowest BCUT2D eigenvalue weighted by Gasteiger charge is -2.13. The Morgan fingerprint density at radius 1 is 1.11 bits per heavy atom. The zero-order valence-electron chi connectivity index (χ0n) is 11.7. The first-order valence-corrected chi connectivity index (χ1v) is 6.96. The number of hydrogen-bond donors (Lipinski definition) is 1. The van der Waals surface area contributed by atoms with E-state index < -0.39 is 0 Å². The van der Waals surface area contributed by atoms with E-state index in [4.69, 9.17) is 4.74 Å². The highest BCUT2D eigenvalue weighted by Crippen LogP contribution is 2.28.